The van der Waals surface area contributed by atoms with E-state index in [1.54, 1.807) is 7.11 Å². The minimum Gasteiger partial charge on any atom is -0.496 e. The van der Waals surface area contributed by atoms with Crippen molar-refractivity contribution < 1.29 is 4.74 Å². The van der Waals surface area contributed by atoms with E-state index in [-0.39, 0.29) is 5.41 Å². The molecular formula is C15H22ClNO. The van der Waals surface area contributed by atoms with Crippen molar-refractivity contribution in [3.8, 4) is 5.75 Å². The van der Waals surface area contributed by atoms with Crippen LogP contribution in [0.15, 0.2) is 6.07 Å². The molecule has 0 aromatic heterocycles. The maximum Gasteiger partial charge on any atom is 0.125 e. The predicted molar refractivity (Wildman–Crippen MR) is 76.7 cm³/mol. The SMILES string of the molecule is COc1c(C)cc(Cl)c(C)c1C1(CN)CCCC1. The van der Waals surface area contributed by atoms with Gasteiger partial charge in [-0.15, -0.1) is 0 Å². The number of benzene rings is 1. The van der Waals surface area contributed by atoms with Gasteiger partial charge in [0.25, 0.3) is 0 Å². The number of halogens is 1. The predicted octanol–water partition coefficient (Wildman–Crippen LogP) is 3.74. The monoisotopic (exact) mass is 267 g/mol. The lowest BCUT2D eigenvalue weighted by Crippen LogP contribution is -2.33. The molecule has 0 radical (unpaired) electrons. The lowest BCUT2D eigenvalue weighted by molar-refractivity contribution is 0.374. The molecule has 1 aromatic carbocycles. The largest absolute Gasteiger partial charge is 0.496 e. The number of aryl methyl sites for hydroxylation is 1. The number of methoxy groups -OCH3 is 1. The summed E-state index contributed by atoms with van der Waals surface area (Å²) >= 11 is 6.35. The summed E-state index contributed by atoms with van der Waals surface area (Å²) in [5.41, 5.74) is 9.63. The summed E-state index contributed by atoms with van der Waals surface area (Å²) in [6, 6.07) is 1.98. The fraction of sp³-hybridized carbons (Fsp3) is 0.600. The van der Waals surface area contributed by atoms with E-state index in [2.05, 4.69) is 6.92 Å². The van der Waals surface area contributed by atoms with Crippen molar-refractivity contribution in [1.29, 1.82) is 0 Å². The molecule has 2 nitrogen and oxygen atoms in total. The van der Waals surface area contributed by atoms with Crippen LogP contribution >= 0.6 is 11.6 Å². The third kappa shape index (κ3) is 2.02. The average molecular weight is 268 g/mol. The Labute approximate surface area is 114 Å². The second-order valence-corrected chi connectivity index (χ2v) is 5.81. The van der Waals surface area contributed by atoms with Crippen LogP contribution in [-0.4, -0.2) is 13.7 Å². The van der Waals surface area contributed by atoms with Gasteiger partial charge in [-0.3, -0.25) is 0 Å². The van der Waals surface area contributed by atoms with Crippen LogP contribution in [-0.2, 0) is 5.41 Å². The summed E-state index contributed by atoms with van der Waals surface area (Å²) < 4.78 is 5.64. The molecule has 0 heterocycles. The maximum absolute atomic E-state index is 6.35. The molecule has 0 amide bonds. The summed E-state index contributed by atoms with van der Waals surface area (Å²) in [7, 11) is 1.73. The Kier molecular flexibility index (Phi) is 3.88. The van der Waals surface area contributed by atoms with E-state index in [1.807, 2.05) is 13.0 Å². The third-order valence-electron chi connectivity index (χ3n) is 4.35. The summed E-state index contributed by atoms with van der Waals surface area (Å²) in [5, 5.41) is 0.822. The molecule has 1 aromatic rings. The van der Waals surface area contributed by atoms with Crippen LogP contribution in [0.1, 0.15) is 42.4 Å². The first-order valence-electron chi connectivity index (χ1n) is 6.60. The Morgan fingerprint density at radius 2 is 1.94 bits per heavy atom. The van der Waals surface area contributed by atoms with E-state index < -0.39 is 0 Å². The number of nitrogens with two attached hydrogens (primary N) is 1. The lowest BCUT2D eigenvalue weighted by Gasteiger charge is -2.32. The first-order chi connectivity index (χ1) is 8.55. The second-order valence-electron chi connectivity index (χ2n) is 5.40. The van der Waals surface area contributed by atoms with Crippen LogP contribution in [0.4, 0.5) is 0 Å². The molecule has 1 aliphatic carbocycles. The molecule has 0 atom stereocenters. The van der Waals surface area contributed by atoms with Gasteiger partial charge in [-0.25, -0.2) is 0 Å². The Morgan fingerprint density at radius 1 is 1.33 bits per heavy atom. The van der Waals surface area contributed by atoms with Crippen LogP contribution < -0.4 is 10.5 Å². The Hall–Kier alpha value is -0.730. The maximum atomic E-state index is 6.35. The van der Waals surface area contributed by atoms with E-state index in [9.17, 15) is 0 Å². The highest BCUT2D eigenvalue weighted by atomic mass is 35.5. The van der Waals surface area contributed by atoms with E-state index in [0.717, 1.165) is 34.7 Å². The highest BCUT2D eigenvalue weighted by Gasteiger charge is 2.38. The molecule has 0 aliphatic heterocycles. The van der Waals surface area contributed by atoms with Crippen LogP contribution in [0.3, 0.4) is 0 Å². The van der Waals surface area contributed by atoms with E-state index in [4.69, 9.17) is 22.1 Å². The fourth-order valence-corrected chi connectivity index (χ4v) is 3.62. The quantitative estimate of drug-likeness (QED) is 0.906. The van der Waals surface area contributed by atoms with Crippen molar-refractivity contribution in [3.63, 3.8) is 0 Å². The molecule has 18 heavy (non-hydrogen) atoms. The Balaban J connectivity index is 2.67. The summed E-state index contributed by atoms with van der Waals surface area (Å²) in [4.78, 5) is 0. The first-order valence-corrected chi connectivity index (χ1v) is 6.98. The van der Waals surface area contributed by atoms with Gasteiger partial charge in [-0.1, -0.05) is 24.4 Å². The van der Waals surface area contributed by atoms with Crippen LogP contribution in [0, 0.1) is 13.8 Å². The van der Waals surface area contributed by atoms with Gasteiger partial charge in [0.1, 0.15) is 5.75 Å². The molecule has 0 bridgehead atoms. The van der Waals surface area contributed by atoms with Crippen molar-refractivity contribution in [2.45, 2.75) is 44.9 Å². The zero-order valence-corrected chi connectivity index (χ0v) is 12.2. The van der Waals surface area contributed by atoms with Crippen molar-refractivity contribution in [1.82, 2.24) is 0 Å². The molecular weight excluding hydrogens is 246 g/mol. The molecule has 3 heteroatoms. The van der Waals surface area contributed by atoms with Gasteiger partial charge in [0.15, 0.2) is 0 Å². The third-order valence-corrected chi connectivity index (χ3v) is 4.74. The molecule has 1 aliphatic rings. The standard InChI is InChI=1S/C15H22ClNO/c1-10-8-12(16)11(2)13(14(10)18-3)15(9-17)6-4-5-7-15/h8H,4-7,9,17H2,1-3H3. The van der Waals surface area contributed by atoms with Crippen molar-refractivity contribution >= 4 is 11.6 Å². The van der Waals surface area contributed by atoms with Gasteiger partial charge in [0, 0.05) is 22.5 Å². The van der Waals surface area contributed by atoms with Gasteiger partial charge >= 0.3 is 0 Å². The van der Waals surface area contributed by atoms with E-state index >= 15 is 0 Å². The topological polar surface area (TPSA) is 35.2 Å². The minimum absolute atomic E-state index is 0.0606. The number of rotatable bonds is 3. The molecule has 1 saturated carbocycles. The summed E-state index contributed by atoms with van der Waals surface area (Å²) in [6.07, 6.45) is 4.76. The normalized spacial score (nSPS) is 18.1. The Bertz CT molecular complexity index is 450. The first kappa shape index (κ1) is 13.7. The van der Waals surface area contributed by atoms with Crippen molar-refractivity contribution in [3.05, 3.63) is 27.8 Å². The van der Waals surface area contributed by atoms with Gasteiger partial charge < -0.3 is 10.5 Å². The average Bonchev–Trinajstić information content (AvgIpc) is 2.83. The van der Waals surface area contributed by atoms with Gasteiger partial charge in [0.2, 0.25) is 0 Å². The molecule has 100 valence electrons. The number of ether oxygens (including phenoxy) is 1. The van der Waals surface area contributed by atoms with Gasteiger partial charge in [0.05, 0.1) is 7.11 Å². The number of hydrogen-bond acceptors (Lipinski definition) is 2. The fourth-order valence-electron chi connectivity index (χ4n) is 3.36. The van der Waals surface area contributed by atoms with Gasteiger partial charge in [-0.2, -0.15) is 0 Å². The smallest absolute Gasteiger partial charge is 0.125 e. The van der Waals surface area contributed by atoms with E-state index in [1.165, 1.54) is 18.4 Å². The minimum atomic E-state index is 0.0606. The van der Waals surface area contributed by atoms with Crippen LogP contribution in [0.2, 0.25) is 5.02 Å². The van der Waals surface area contributed by atoms with E-state index in [0.29, 0.717) is 6.54 Å². The van der Waals surface area contributed by atoms with Crippen LogP contribution in [0.5, 0.6) is 5.75 Å². The van der Waals surface area contributed by atoms with Gasteiger partial charge in [-0.05, 0) is 43.9 Å². The highest BCUT2D eigenvalue weighted by molar-refractivity contribution is 6.31. The zero-order chi connectivity index (χ0) is 13.3. The van der Waals surface area contributed by atoms with Crippen molar-refractivity contribution in [2.75, 3.05) is 13.7 Å². The zero-order valence-electron chi connectivity index (χ0n) is 11.5. The lowest BCUT2D eigenvalue weighted by atomic mass is 9.75. The molecule has 1 fully saturated rings. The van der Waals surface area contributed by atoms with Crippen molar-refractivity contribution in [2.24, 2.45) is 5.73 Å². The Morgan fingerprint density at radius 3 is 2.44 bits per heavy atom. The second kappa shape index (κ2) is 5.10. The molecule has 0 spiro atoms. The molecule has 0 saturated heterocycles. The highest BCUT2D eigenvalue weighted by Crippen LogP contribution is 2.48. The van der Waals surface area contributed by atoms with Crippen LogP contribution in [0.25, 0.3) is 0 Å². The number of hydrogen-bond donors (Lipinski definition) is 1. The summed E-state index contributed by atoms with van der Waals surface area (Å²) in [5.74, 6) is 0.976. The molecule has 2 rings (SSSR count). The molecule has 0 unspecified atom stereocenters. The molecule has 2 N–H and O–H groups in total. The summed E-state index contributed by atoms with van der Waals surface area (Å²) in [6.45, 7) is 4.80.